The van der Waals surface area contributed by atoms with Gasteiger partial charge in [0.2, 0.25) is 5.91 Å². The van der Waals surface area contributed by atoms with Crippen LogP contribution in [0.5, 0.6) is 0 Å². The molecule has 0 spiro atoms. The molecule has 1 N–H and O–H groups in total. The van der Waals surface area contributed by atoms with Crippen LogP contribution in [0.2, 0.25) is 0 Å². The number of hydrogen-bond donors (Lipinski definition) is 1. The molecule has 9 nitrogen and oxygen atoms in total. The van der Waals surface area contributed by atoms with E-state index in [2.05, 4.69) is 86.8 Å². The first kappa shape index (κ1) is 80.5. The molecule has 484 valence electrons. The molecule has 0 fully saturated rings. The summed E-state index contributed by atoms with van der Waals surface area (Å²) in [6.07, 6.45) is 81.7. The summed E-state index contributed by atoms with van der Waals surface area (Å²) in [6, 6.07) is -0.896. The smallest absolute Gasteiger partial charge is 0.306 e. The van der Waals surface area contributed by atoms with Crippen LogP contribution in [0, 0.1) is 0 Å². The molecule has 83 heavy (non-hydrogen) atoms. The Morgan fingerprint density at radius 2 is 0.735 bits per heavy atom. The molecule has 0 bridgehead atoms. The Morgan fingerprint density at radius 3 is 1.12 bits per heavy atom. The second-order valence-corrected chi connectivity index (χ2v) is 26.4. The fourth-order valence-corrected chi connectivity index (χ4v) is 10.9. The highest BCUT2D eigenvalue weighted by Crippen LogP contribution is 2.38. The van der Waals surface area contributed by atoms with E-state index in [9.17, 15) is 19.0 Å². The van der Waals surface area contributed by atoms with E-state index in [4.69, 9.17) is 13.8 Å². The third kappa shape index (κ3) is 63.8. The zero-order chi connectivity index (χ0) is 60.7. The lowest BCUT2D eigenvalue weighted by molar-refractivity contribution is -0.870. The summed E-state index contributed by atoms with van der Waals surface area (Å²) in [5.74, 6) is -0.547. The van der Waals surface area contributed by atoms with Crippen molar-refractivity contribution in [2.45, 2.75) is 341 Å². The molecule has 0 heterocycles. The van der Waals surface area contributed by atoms with Gasteiger partial charge in [-0.05, 0) is 102 Å². The van der Waals surface area contributed by atoms with Gasteiger partial charge in [0.15, 0.2) is 0 Å². The normalized spacial score (nSPS) is 14.0. The fraction of sp³-hybridized carbons (Fsp3) is 0.808. The Kier molecular flexibility index (Phi) is 60.6. The number of esters is 1. The molecule has 0 aliphatic rings. The molecular weight excluding hydrogens is 1050 g/mol. The first-order chi connectivity index (χ1) is 40.4. The maximum absolute atomic E-state index is 13.6. The number of carbonyl (C=O) groups excluding carboxylic acids is 2. The molecule has 0 rings (SSSR count). The number of quaternary nitrogens is 1. The fourth-order valence-electron chi connectivity index (χ4n) is 10.1. The number of allylic oxidation sites excluding steroid dienone is 11. The average Bonchev–Trinajstić information content (AvgIpc) is 3.51. The summed E-state index contributed by atoms with van der Waals surface area (Å²) in [5, 5.41) is 3.04. The van der Waals surface area contributed by atoms with E-state index in [1.54, 1.807) is 0 Å². The van der Waals surface area contributed by atoms with E-state index in [1.165, 1.54) is 205 Å². The number of likely N-dealkylation sites (N-methyl/N-ethyl adjacent to an activating group) is 1. The van der Waals surface area contributed by atoms with Crippen molar-refractivity contribution in [3.8, 4) is 0 Å². The molecule has 0 radical (unpaired) electrons. The van der Waals surface area contributed by atoms with Gasteiger partial charge in [-0.15, -0.1) is 0 Å². The molecule has 0 aliphatic heterocycles. The monoisotopic (exact) mass is 1180 g/mol. The summed E-state index contributed by atoms with van der Waals surface area (Å²) >= 11 is 0. The van der Waals surface area contributed by atoms with Gasteiger partial charge in [0, 0.05) is 12.8 Å². The van der Waals surface area contributed by atoms with Gasteiger partial charge in [-0.1, -0.05) is 287 Å². The third-order valence-electron chi connectivity index (χ3n) is 15.6. The van der Waals surface area contributed by atoms with E-state index in [0.717, 1.165) is 83.5 Å². The first-order valence-corrected chi connectivity index (χ1v) is 36.7. The van der Waals surface area contributed by atoms with Crippen molar-refractivity contribution in [1.82, 2.24) is 5.32 Å². The van der Waals surface area contributed by atoms with Gasteiger partial charge in [-0.3, -0.25) is 14.2 Å². The molecular formula is C73H135N2O7P. The van der Waals surface area contributed by atoms with Crippen molar-refractivity contribution in [3.63, 3.8) is 0 Å². The van der Waals surface area contributed by atoms with Crippen LogP contribution in [-0.4, -0.2) is 69.4 Å². The lowest BCUT2D eigenvalue weighted by atomic mass is 10.0. The van der Waals surface area contributed by atoms with Crippen LogP contribution in [0.1, 0.15) is 329 Å². The van der Waals surface area contributed by atoms with Crippen LogP contribution in [0.3, 0.4) is 0 Å². The van der Waals surface area contributed by atoms with Crippen molar-refractivity contribution in [2.24, 2.45) is 0 Å². The highest BCUT2D eigenvalue weighted by Gasteiger charge is 2.27. The predicted octanol–water partition coefficient (Wildman–Crippen LogP) is 21.7. The summed E-state index contributed by atoms with van der Waals surface area (Å²) < 4.78 is 30.4. The molecule has 0 aromatic carbocycles. The Balaban J connectivity index is 5.00. The lowest BCUT2D eigenvalue weighted by Crippen LogP contribution is -2.47. The van der Waals surface area contributed by atoms with Gasteiger partial charge in [-0.25, -0.2) is 0 Å². The summed E-state index contributed by atoms with van der Waals surface area (Å²) in [5.41, 5.74) is 0. The molecule has 0 aromatic rings. The zero-order valence-corrected chi connectivity index (χ0v) is 56.3. The maximum Gasteiger partial charge on any atom is 0.306 e. The third-order valence-corrected chi connectivity index (χ3v) is 16.6. The lowest BCUT2D eigenvalue weighted by Gasteiger charge is -2.30. The number of phosphoric acid groups is 1. The van der Waals surface area contributed by atoms with E-state index in [-0.39, 0.29) is 24.9 Å². The number of nitrogens with one attached hydrogen (secondary N) is 1. The average molecular weight is 1180 g/mol. The minimum atomic E-state index is -4.71. The van der Waals surface area contributed by atoms with E-state index in [1.807, 2.05) is 33.3 Å². The number of phosphoric ester groups is 1. The van der Waals surface area contributed by atoms with Crippen LogP contribution >= 0.6 is 7.82 Å². The SMILES string of the molecule is CCCCC/C=C\C/C=C\C/C=C\CCCCCCCCC(=O)OC(/C=C\CCCCCCCCCCC)C(COP(=O)([O-])OCC[N+](C)(C)C)NC(=O)CCCCCCCCCCCCCCCCCCC/C=C\C/C=C\CCCCC. The molecule has 10 heteroatoms. The standard InChI is InChI=1S/C73H135N2O7P/c1-7-10-13-16-19-22-25-27-29-31-33-34-35-36-37-38-39-40-42-43-45-47-50-53-56-59-62-65-72(76)74-70(69-81-83(78,79)80-68-67-75(4,5)6)71(64-61-58-55-52-49-24-21-18-15-12-9-3)82-73(77)66-63-60-57-54-51-48-46-44-41-32-30-28-26-23-20-17-14-11-8-2/h19-20,22-23,27-30,41,44,61,64,70-71H,7-18,21,24-26,31-40,42-43,45-60,62-63,65-69H2,1-6H3,(H-,74,76,78,79)/b22-19-,23-20-,29-27-,30-28-,44-41-,64-61-. The van der Waals surface area contributed by atoms with Crippen LogP contribution in [0.15, 0.2) is 72.9 Å². The second kappa shape index (κ2) is 62.5. The van der Waals surface area contributed by atoms with Gasteiger partial charge in [-0.2, -0.15) is 0 Å². The van der Waals surface area contributed by atoms with Gasteiger partial charge in [0.25, 0.3) is 7.82 Å². The van der Waals surface area contributed by atoms with Crippen molar-refractivity contribution in [1.29, 1.82) is 0 Å². The molecule has 0 saturated heterocycles. The van der Waals surface area contributed by atoms with Crippen LogP contribution in [0.25, 0.3) is 0 Å². The number of unbranched alkanes of at least 4 members (excludes halogenated alkanes) is 38. The largest absolute Gasteiger partial charge is 0.756 e. The maximum atomic E-state index is 13.6. The minimum absolute atomic E-state index is 0.0254. The quantitative estimate of drug-likeness (QED) is 0.0212. The topological polar surface area (TPSA) is 114 Å². The van der Waals surface area contributed by atoms with E-state index < -0.39 is 26.6 Å². The van der Waals surface area contributed by atoms with Crippen LogP contribution < -0.4 is 10.2 Å². The zero-order valence-electron chi connectivity index (χ0n) is 55.4. The molecule has 3 unspecified atom stereocenters. The van der Waals surface area contributed by atoms with E-state index >= 15 is 0 Å². The molecule has 0 aromatic heterocycles. The van der Waals surface area contributed by atoms with Gasteiger partial charge in [0.05, 0.1) is 33.8 Å². The van der Waals surface area contributed by atoms with Crippen molar-refractivity contribution < 1.29 is 37.3 Å². The molecule has 0 saturated carbocycles. The predicted molar refractivity (Wildman–Crippen MR) is 358 cm³/mol. The van der Waals surface area contributed by atoms with Crippen LogP contribution in [-0.2, 0) is 27.9 Å². The van der Waals surface area contributed by atoms with Crippen molar-refractivity contribution in [3.05, 3.63) is 72.9 Å². The number of amides is 1. The number of rotatable bonds is 64. The molecule has 0 aliphatic carbocycles. The second-order valence-electron chi connectivity index (χ2n) is 25.0. The number of nitrogens with zero attached hydrogens (tertiary/aromatic N) is 1. The highest BCUT2D eigenvalue weighted by atomic mass is 31.2. The molecule has 3 atom stereocenters. The summed E-state index contributed by atoms with van der Waals surface area (Å²) in [6.45, 7) is 6.81. The number of carbonyl (C=O) groups is 2. The summed E-state index contributed by atoms with van der Waals surface area (Å²) in [4.78, 5) is 40.1. The highest BCUT2D eigenvalue weighted by molar-refractivity contribution is 7.45. The Bertz CT molecular complexity index is 1650. The Hall–Kier alpha value is -2.55. The number of hydrogen-bond acceptors (Lipinski definition) is 7. The van der Waals surface area contributed by atoms with Gasteiger partial charge < -0.3 is 28.5 Å². The minimum Gasteiger partial charge on any atom is -0.756 e. The number of ether oxygens (including phenoxy) is 1. The first-order valence-electron chi connectivity index (χ1n) is 35.2. The Labute approximate surface area is 514 Å². The van der Waals surface area contributed by atoms with Crippen molar-refractivity contribution >= 4 is 19.7 Å². The van der Waals surface area contributed by atoms with E-state index in [0.29, 0.717) is 23.9 Å². The van der Waals surface area contributed by atoms with Crippen LogP contribution in [0.4, 0.5) is 0 Å². The van der Waals surface area contributed by atoms with Gasteiger partial charge >= 0.3 is 5.97 Å². The molecule has 1 amide bonds. The Morgan fingerprint density at radius 1 is 0.422 bits per heavy atom. The summed E-state index contributed by atoms with van der Waals surface area (Å²) in [7, 11) is 1.18. The van der Waals surface area contributed by atoms with Gasteiger partial charge in [0.1, 0.15) is 19.3 Å². The van der Waals surface area contributed by atoms with Crippen molar-refractivity contribution in [2.75, 3.05) is 40.9 Å².